The summed E-state index contributed by atoms with van der Waals surface area (Å²) >= 11 is 7.66. The SMILES string of the molecule is Cc1nnc(SCC2Cc3cc(Cl)ccc3O2)n1CCN. The zero-order valence-corrected chi connectivity index (χ0v) is 13.3. The van der Waals surface area contributed by atoms with Gasteiger partial charge in [0.05, 0.1) is 0 Å². The second-order valence-electron chi connectivity index (χ2n) is 4.98. The molecule has 2 heterocycles. The van der Waals surface area contributed by atoms with Crippen molar-refractivity contribution in [3.8, 4) is 5.75 Å². The standard InChI is InChI=1S/C14H17ClN4OS/c1-9-17-18-14(19(9)5-4-16)21-8-12-7-10-6-11(15)2-3-13(10)20-12/h2-3,6,12H,4-5,7-8,16H2,1H3. The average Bonchev–Trinajstić information content (AvgIpc) is 3.01. The molecule has 3 rings (SSSR count). The summed E-state index contributed by atoms with van der Waals surface area (Å²) in [5.74, 6) is 2.66. The van der Waals surface area contributed by atoms with Crippen molar-refractivity contribution >= 4 is 23.4 Å². The van der Waals surface area contributed by atoms with Crippen LogP contribution >= 0.6 is 23.4 Å². The van der Waals surface area contributed by atoms with Crippen molar-refractivity contribution in [2.45, 2.75) is 31.1 Å². The Kier molecular flexibility index (Phi) is 4.37. The third-order valence-electron chi connectivity index (χ3n) is 3.42. The van der Waals surface area contributed by atoms with Crippen molar-refractivity contribution in [2.75, 3.05) is 12.3 Å². The summed E-state index contributed by atoms with van der Waals surface area (Å²) in [5.41, 5.74) is 6.80. The van der Waals surface area contributed by atoms with Gasteiger partial charge in [-0.05, 0) is 30.7 Å². The van der Waals surface area contributed by atoms with Crippen LogP contribution in [0.4, 0.5) is 0 Å². The van der Waals surface area contributed by atoms with Gasteiger partial charge >= 0.3 is 0 Å². The summed E-state index contributed by atoms with van der Waals surface area (Å²) in [6.45, 7) is 3.26. The van der Waals surface area contributed by atoms with E-state index in [0.29, 0.717) is 6.54 Å². The molecule has 2 N–H and O–H groups in total. The maximum absolute atomic E-state index is 6.01. The Labute approximate surface area is 132 Å². The van der Waals surface area contributed by atoms with Gasteiger partial charge in [0.2, 0.25) is 0 Å². The molecule has 0 aliphatic carbocycles. The molecule has 0 amide bonds. The molecule has 0 saturated carbocycles. The number of thioether (sulfide) groups is 1. The number of hydrogen-bond donors (Lipinski definition) is 1. The summed E-state index contributed by atoms with van der Waals surface area (Å²) in [5, 5.41) is 9.96. The molecule has 1 aliphatic rings. The van der Waals surface area contributed by atoms with Crippen molar-refractivity contribution < 1.29 is 4.74 Å². The lowest BCUT2D eigenvalue weighted by Crippen LogP contribution is -2.17. The zero-order valence-electron chi connectivity index (χ0n) is 11.8. The largest absolute Gasteiger partial charge is 0.489 e. The molecule has 1 aliphatic heterocycles. The molecule has 1 aromatic carbocycles. The van der Waals surface area contributed by atoms with Gasteiger partial charge in [0, 0.05) is 30.3 Å². The topological polar surface area (TPSA) is 66.0 Å². The fourth-order valence-corrected chi connectivity index (χ4v) is 3.60. The lowest BCUT2D eigenvalue weighted by atomic mass is 10.1. The van der Waals surface area contributed by atoms with E-state index in [1.54, 1.807) is 11.8 Å². The maximum atomic E-state index is 6.01. The Bertz CT molecular complexity index is 646. The predicted octanol–water partition coefficient (Wildman–Crippen LogP) is 2.29. The lowest BCUT2D eigenvalue weighted by Gasteiger charge is -2.11. The molecular formula is C14H17ClN4OS. The molecule has 1 atom stereocenters. The van der Waals surface area contributed by atoms with Crippen LogP contribution in [-0.2, 0) is 13.0 Å². The highest BCUT2D eigenvalue weighted by atomic mass is 35.5. The Morgan fingerprint density at radius 1 is 1.48 bits per heavy atom. The molecule has 7 heteroatoms. The van der Waals surface area contributed by atoms with Crippen LogP contribution in [0.1, 0.15) is 11.4 Å². The average molecular weight is 325 g/mol. The summed E-state index contributed by atoms with van der Waals surface area (Å²) in [7, 11) is 0. The molecule has 1 unspecified atom stereocenters. The third-order valence-corrected chi connectivity index (χ3v) is 4.75. The first-order valence-corrected chi connectivity index (χ1v) is 8.21. The van der Waals surface area contributed by atoms with E-state index in [4.69, 9.17) is 22.1 Å². The first-order chi connectivity index (χ1) is 10.2. The number of ether oxygens (including phenoxy) is 1. The van der Waals surface area contributed by atoms with Gasteiger partial charge < -0.3 is 15.0 Å². The Morgan fingerprint density at radius 2 is 2.33 bits per heavy atom. The second kappa shape index (κ2) is 6.25. The van der Waals surface area contributed by atoms with Crippen LogP contribution in [0, 0.1) is 6.92 Å². The number of aromatic nitrogens is 3. The molecule has 2 aromatic rings. The van der Waals surface area contributed by atoms with Gasteiger partial charge in [0.25, 0.3) is 0 Å². The monoisotopic (exact) mass is 324 g/mol. The minimum Gasteiger partial charge on any atom is -0.489 e. The van der Waals surface area contributed by atoms with Crippen LogP contribution in [0.5, 0.6) is 5.75 Å². The molecule has 0 saturated heterocycles. The number of nitrogens with two attached hydrogens (primary N) is 1. The summed E-state index contributed by atoms with van der Waals surface area (Å²) in [6, 6.07) is 5.77. The molecule has 0 bridgehead atoms. The molecular weight excluding hydrogens is 308 g/mol. The molecule has 0 radical (unpaired) electrons. The molecule has 112 valence electrons. The van der Waals surface area contributed by atoms with Gasteiger partial charge in [0.15, 0.2) is 5.16 Å². The summed E-state index contributed by atoms with van der Waals surface area (Å²) in [6.07, 6.45) is 1.03. The van der Waals surface area contributed by atoms with E-state index in [1.807, 2.05) is 29.7 Å². The number of rotatable bonds is 5. The smallest absolute Gasteiger partial charge is 0.191 e. The lowest BCUT2D eigenvalue weighted by molar-refractivity contribution is 0.259. The highest BCUT2D eigenvalue weighted by Gasteiger charge is 2.24. The maximum Gasteiger partial charge on any atom is 0.191 e. The zero-order chi connectivity index (χ0) is 14.8. The van der Waals surface area contributed by atoms with Crippen LogP contribution in [0.2, 0.25) is 5.02 Å². The van der Waals surface area contributed by atoms with Crippen molar-refractivity contribution in [1.82, 2.24) is 14.8 Å². The quantitative estimate of drug-likeness (QED) is 0.855. The molecule has 21 heavy (non-hydrogen) atoms. The van der Waals surface area contributed by atoms with Gasteiger partial charge in [-0.2, -0.15) is 0 Å². The number of nitrogens with zero attached hydrogens (tertiary/aromatic N) is 3. The first-order valence-electron chi connectivity index (χ1n) is 6.85. The normalized spacial score (nSPS) is 16.8. The highest BCUT2D eigenvalue weighted by molar-refractivity contribution is 7.99. The third kappa shape index (κ3) is 3.17. The van der Waals surface area contributed by atoms with Crippen molar-refractivity contribution in [3.63, 3.8) is 0 Å². The van der Waals surface area contributed by atoms with Crippen molar-refractivity contribution in [2.24, 2.45) is 5.73 Å². The number of benzene rings is 1. The van der Waals surface area contributed by atoms with Crippen LogP contribution in [0.25, 0.3) is 0 Å². The van der Waals surface area contributed by atoms with Crippen LogP contribution in [-0.4, -0.2) is 33.2 Å². The van der Waals surface area contributed by atoms with Crippen LogP contribution in [0.15, 0.2) is 23.4 Å². The Morgan fingerprint density at radius 3 is 3.14 bits per heavy atom. The fraction of sp³-hybridized carbons (Fsp3) is 0.429. The van der Waals surface area contributed by atoms with Gasteiger partial charge in [-0.25, -0.2) is 0 Å². The Balaban J connectivity index is 1.62. The highest BCUT2D eigenvalue weighted by Crippen LogP contribution is 2.33. The van der Waals surface area contributed by atoms with Gasteiger partial charge in [0.1, 0.15) is 17.7 Å². The number of halogens is 1. The molecule has 5 nitrogen and oxygen atoms in total. The minimum absolute atomic E-state index is 0.145. The van der Waals surface area contributed by atoms with Crippen LogP contribution in [0.3, 0.4) is 0 Å². The Hall–Kier alpha value is -1.24. The number of aryl methyl sites for hydroxylation is 1. The predicted molar refractivity (Wildman–Crippen MR) is 84.1 cm³/mol. The summed E-state index contributed by atoms with van der Waals surface area (Å²) < 4.78 is 7.97. The number of fused-ring (bicyclic) bond motifs is 1. The van der Waals surface area contributed by atoms with Crippen LogP contribution < -0.4 is 10.5 Å². The number of hydrogen-bond acceptors (Lipinski definition) is 5. The molecule has 0 fully saturated rings. The van der Waals surface area contributed by atoms with Crippen molar-refractivity contribution in [1.29, 1.82) is 0 Å². The molecule has 1 aromatic heterocycles. The van der Waals surface area contributed by atoms with Crippen molar-refractivity contribution in [3.05, 3.63) is 34.6 Å². The van der Waals surface area contributed by atoms with E-state index in [9.17, 15) is 0 Å². The van der Waals surface area contributed by atoms with E-state index in [0.717, 1.165) is 40.5 Å². The van der Waals surface area contributed by atoms with Gasteiger partial charge in [-0.3, -0.25) is 0 Å². The first kappa shape index (κ1) is 14.7. The van der Waals surface area contributed by atoms with E-state index in [-0.39, 0.29) is 6.10 Å². The van der Waals surface area contributed by atoms with Gasteiger partial charge in [-0.15, -0.1) is 10.2 Å². The van der Waals surface area contributed by atoms with E-state index >= 15 is 0 Å². The summed E-state index contributed by atoms with van der Waals surface area (Å²) in [4.78, 5) is 0. The second-order valence-corrected chi connectivity index (χ2v) is 6.40. The van der Waals surface area contributed by atoms with Gasteiger partial charge in [-0.1, -0.05) is 23.4 Å². The van der Waals surface area contributed by atoms with E-state index < -0.39 is 0 Å². The van der Waals surface area contributed by atoms with E-state index in [1.165, 1.54) is 5.56 Å². The molecule has 0 spiro atoms. The fourth-order valence-electron chi connectivity index (χ4n) is 2.40. The minimum atomic E-state index is 0.145. The van der Waals surface area contributed by atoms with E-state index in [2.05, 4.69) is 10.2 Å².